The molecule has 0 aliphatic rings. The summed E-state index contributed by atoms with van der Waals surface area (Å²) in [6, 6.07) is 8.26. The first-order valence-electron chi connectivity index (χ1n) is 4.76. The van der Waals surface area contributed by atoms with Gasteiger partial charge in [-0.05, 0) is 12.0 Å². The van der Waals surface area contributed by atoms with Gasteiger partial charge < -0.3 is 4.52 Å². The number of benzene rings is 1. The van der Waals surface area contributed by atoms with Gasteiger partial charge in [-0.2, -0.15) is 4.98 Å². The van der Waals surface area contributed by atoms with E-state index in [9.17, 15) is 0 Å². The Kier molecular flexibility index (Phi) is 2.58. The van der Waals surface area contributed by atoms with Crippen LogP contribution in [0, 0.1) is 0 Å². The Balaban J connectivity index is 2.22. The highest BCUT2D eigenvalue weighted by Gasteiger charge is 2.01. The second kappa shape index (κ2) is 4.05. The number of hydrogen-bond acceptors (Lipinski definition) is 3. The van der Waals surface area contributed by atoms with Gasteiger partial charge in [-0.15, -0.1) is 0 Å². The van der Waals surface area contributed by atoms with E-state index in [2.05, 4.69) is 33.7 Å². The summed E-state index contributed by atoms with van der Waals surface area (Å²) in [5.74, 6) is 0.646. The summed E-state index contributed by atoms with van der Waals surface area (Å²) in [4.78, 5) is 3.98. The van der Waals surface area contributed by atoms with Crippen molar-refractivity contribution in [3.8, 4) is 11.4 Å². The van der Waals surface area contributed by atoms with Crippen LogP contribution in [0.3, 0.4) is 0 Å². The first-order valence-corrected chi connectivity index (χ1v) is 4.76. The lowest BCUT2D eigenvalue weighted by Crippen LogP contribution is -1.84. The third-order valence-electron chi connectivity index (χ3n) is 2.11. The summed E-state index contributed by atoms with van der Waals surface area (Å²) in [6.07, 6.45) is 3.63. The molecule has 1 heterocycles. The van der Waals surface area contributed by atoms with E-state index in [1.54, 1.807) is 0 Å². The molecule has 0 aliphatic heterocycles. The first-order chi connectivity index (χ1) is 6.90. The van der Waals surface area contributed by atoms with Crippen LogP contribution >= 0.6 is 0 Å². The molecule has 0 fully saturated rings. The quantitative estimate of drug-likeness (QED) is 0.743. The smallest absolute Gasteiger partial charge is 0.214 e. The fraction of sp³-hybridized carbons (Fsp3) is 0.273. The average Bonchev–Trinajstić information content (AvgIpc) is 2.72. The molecule has 3 nitrogen and oxygen atoms in total. The Bertz CT molecular complexity index is 378. The predicted octanol–water partition coefficient (Wildman–Crippen LogP) is 2.69. The van der Waals surface area contributed by atoms with Gasteiger partial charge in [0.15, 0.2) is 0 Å². The van der Waals surface area contributed by atoms with Crippen LogP contribution < -0.4 is 0 Å². The van der Waals surface area contributed by atoms with Gasteiger partial charge in [0.05, 0.1) is 0 Å². The second-order valence-corrected chi connectivity index (χ2v) is 3.20. The van der Waals surface area contributed by atoms with Crippen molar-refractivity contribution in [2.45, 2.75) is 19.8 Å². The van der Waals surface area contributed by atoms with Crippen LogP contribution in [0.4, 0.5) is 0 Å². The Morgan fingerprint density at radius 2 is 2.00 bits per heavy atom. The number of rotatable bonds is 3. The topological polar surface area (TPSA) is 38.9 Å². The van der Waals surface area contributed by atoms with Gasteiger partial charge in [-0.1, -0.05) is 42.8 Å². The summed E-state index contributed by atoms with van der Waals surface area (Å²) >= 11 is 0. The molecule has 0 bridgehead atoms. The molecule has 0 saturated heterocycles. The van der Waals surface area contributed by atoms with E-state index in [0.29, 0.717) is 5.82 Å². The zero-order chi connectivity index (χ0) is 9.80. The zero-order valence-corrected chi connectivity index (χ0v) is 8.10. The third-order valence-corrected chi connectivity index (χ3v) is 2.11. The Morgan fingerprint density at radius 3 is 2.57 bits per heavy atom. The van der Waals surface area contributed by atoms with Crippen LogP contribution in [0.1, 0.15) is 18.9 Å². The first kappa shape index (κ1) is 8.94. The Hall–Kier alpha value is -1.64. The number of hydrogen-bond donors (Lipinski definition) is 0. The van der Waals surface area contributed by atoms with Crippen molar-refractivity contribution in [2.75, 3.05) is 0 Å². The molecule has 2 aromatic rings. The lowest BCUT2D eigenvalue weighted by Gasteiger charge is -1.98. The van der Waals surface area contributed by atoms with E-state index in [1.807, 2.05) is 12.1 Å². The highest BCUT2D eigenvalue weighted by Crippen LogP contribution is 2.15. The largest absolute Gasteiger partial charge is 0.342 e. The SMILES string of the molecule is CCCc1ccc(-c2ncon2)cc1. The average molecular weight is 188 g/mol. The zero-order valence-electron chi connectivity index (χ0n) is 8.10. The molecular formula is C11H12N2O. The fourth-order valence-corrected chi connectivity index (χ4v) is 1.41. The van der Waals surface area contributed by atoms with E-state index in [4.69, 9.17) is 0 Å². The van der Waals surface area contributed by atoms with E-state index in [0.717, 1.165) is 12.0 Å². The van der Waals surface area contributed by atoms with Crippen molar-refractivity contribution in [3.05, 3.63) is 36.2 Å². The van der Waals surface area contributed by atoms with Crippen molar-refractivity contribution in [1.82, 2.24) is 10.1 Å². The molecule has 0 radical (unpaired) electrons. The molecule has 0 N–H and O–H groups in total. The fourth-order valence-electron chi connectivity index (χ4n) is 1.41. The minimum Gasteiger partial charge on any atom is -0.342 e. The van der Waals surface area contributed by atoms with Crippen molar-refractivity contribution >= 4 is 0 Å². The summed E-state index contributed by atoms with van der Waals surface area (Å²) in [6.45, 7) is 2.17. The molecule has 0 saturated carbocycles. The van der Waals surface area contributed by atoms with Gasteiger partial charge >= 0.3 is 0 Å². The van der Waals surface area contributed by atoms with Crippen molar-refractivity contribution in [1.29, 1.82) is 0 Å². The monoisotopic (exact) mass is 188 g/mol. The Morgan fingerprint density at radius 1 is 1.21 bits per heavy atom. The van der Waals surface area contributed by atoms with E-state index < -0.39 is 0 Å². The van der Waals surface area contributed by atoms with E-state index in [1.165, 1.54) is 18.4 Å². The molecule has 14 heavy (non-hydrogen) atoms. The normalized spacial score (nSPS) is 10.4. The van der Waals surface area contributed by atoms with Crippen LogP contribution in [-0.2, 0) is 6.42 Å². The minimum atomic E-state index is 0.646. The third kappa shape index (κ3) is 1.82. The number of nitrogens with zero attached hydrogens (tertiary/aromatic N) is 2. The van der Waals surface area contributed by atoms with Crippen LogP contribution in [-0.4, -0.2) is 10.1 Å². The summed E-state index contributed by atoms with van der Waals surface area (Å²) in [5.41, 5.74) is 2.35. The van der Waals surface area contributed by atoms with Gasteiger partial charge in [-0.3, -0.25) is 0 Å². The summed E-state index contributed by atoms with van der Waals surface area (Å²) < 4.78 is 4.69. The molecule has 3 heteroatoms. The molecule has 0 spiro atoms. The number of aryl methyl sites for hydroxylation is 1. The van der Waals surface area contributed by atoms with Crippen LogP contribution in [0.2, 0.25) is 0 Å². The van der Waals surface area contributed by atoms with Gasteiger partial charge in [0.1, 0.15) is 0 Å². The lowest BCUT2D eigenvalue weighted by atomic mass is 10.1. The van der Waals surface area contributed by atoms with Gasteiger partial charge in [0.25, 0.3) is 0 Å². The maximum absolute atomic E-state index is 4.69. The molecule has 0 unspecified atom stereocenters. The van der Waals surface area contributed by atoms with Crippen molar-refractivity contribution in [3.63, 3.8) is 0 Å². The highest BCUT2D eigenvalue weighted by atomic mass is 16.5. The summed E-state index contributed by atoms with van der Waals surface area (Å²) in [7, 11) is 0. The molecule has 1 aromatic carbocycles. The maximum Gasteiger partial charge on any atom is 0.214 e. The molecule has 0 atom stereocenters. The number of aromatic nitrogens is 2. The predicted molar refractivity (Wildman–Crippen MR) is 53.7 cm³/mol. The maximum atomic E-state index is 4.69. The highest BCUT2D eigenvalue weighted by molar-refractivity contribution is 5.54. The van der Waals surface area contributed by atoms with Gasteiger partial charge in [0, 0.05) is 5.56 Å². The van der Waals surface area contributed by atoms with Crippen LogP contribution in [0.5, 0.6) is 0 Å². The lowest BCUT2D eigenvalue weighted by molar-refractivity contribution is 0.419. The van der Waals surface area contributed by atoms with Crippen LogP contribution in [0.25, 0.3) is 11.4 Å². The molecule has 0 aliphatic carbocycles. The van der Waals surface area contributed by atoms with Crippen LogP contribution in [0.15, 0.2) is 35.2 Å². The summed E-state index contributed by atoms with van der Waals surface area (Å²) in [5, 5.41) is 3.78. The van der Waals surface area contributed by atoms with E-state index in [-0.39, 0.29) is 0 Å². The van der Waals surface area contributed by atoms with E-state index >= 15 is 0 Å². The standard InChI is InChI=1S/C11H12N2O/c1-2-3-9-4-6-10(7-5-9)11-12-8-14-13-11/h4-8H,2-3H2,1H3. The van der Waals surface area contributed by atoms with Crippen molar-refractivity contribution < 1.29 is 4.52 Å². The molecule has 1 aromatic heterocycles. The van der Waals surface area contributed by atoms with Crippen molar-refractivity contribution in [2.24, 2.45) is 0 Å². The Labute approximate surface area is 82.8 Å². The van der Waals surface area contributed by atoms with Gasteiger partial charge in [0.2, 0.25) is 12.2 Å². The van der Waals surface area contributed by atoms with Gasteiger partial charge in [-0.25, -0.2) is 0 Å². The molecule has 2 rings (SSSR count). The second-order valence-electron chi connectivity index (χ2n) is 3.20. The molecular weight excluding hydrogens is 176 g/mol. The molecule has 72 valence electrons. The molecule has 0 amide bonds. The minimum absolute atomic E-state index is 0.646.